The first kappa shape index (κ1) is 57.8. The zero-order valence-electron chi connectivity index (χ0n) is 38.6. The van der Waals surface area contributed by atoms with E-state index in [4.69, 9.17) is 57.8 Å². The third-order valence-corrected chi connectivity index (χ3v) is 12.8. The van der Waals surface area contributed by atoms with E-state index in [0.717, 1.165) is 19.8 Å². The number of carbonyl (C=O) groups is 1. The molecule has 1 amide bonds. The van der Waals surface area contributed by atoms with Crippen molar-refractivity contribution in [3.8, 4) is 5.75 Å². The van der Waals surface area contributed by atoms with Gasteiger partial charge < -0.3 is 135 Å². The van der Waals surface area contributed by atoms with Crippen LogP contribution in [0.25, 0.3) is 0 Å². The summed E-state index contributed by atoms with van der Waals surface area (Å²) in [6, 6.07) is 6.83. The molecule has 17 N–H and O–H groups in total. The van der Waals surface area contributed by atoms with E-state index in [1.54, 1.807) is 30.3 Å². The van der Waals surface area contributed by atoms with E-state index in [1.165, 1.54) is 0 Å². The monoisotopic (exact) mass is 1030 g/mol. The van der Waals surface area contributed by atoms with Crippen molar-refractivity contribution >= 4 is 5.91 Å². The molecule has 10 unspecified atom stereocenters. The minimum atomic E-state index is -2.14. The quantitative estimate of drug-likeness (QED) is 0.0480. The summed E-state index contributed by atoms with van der Waals surface area (Å²) < 4.78 is 64.1. The summed E-state index contributed by atoms with van der Waals surface area (Å²) in [5.74, 6) is -0.387. The number of nitrogens with one attached hydrogen (secondary N) is 1. The molecule has 0 bridgehead atoms. The fourth-order valence-electron chi connectivity index (χ4n) is 8.86. The summed E-state index contributed by atoms with van der Waals surface area (Å²) in [5, 5.41) is 154. The van der Waals surface area contributed by atoms with Crippen LogP contribution in [0.15, 0.2) is 30.3 Å². The Kier molecular flexibility index (Phi) is 21.8. The molecule has 6 rings (SSSR count). The molecule has 5 aliphatic rings. The Labute approximate surface area is 406 Å². The molecule has 5 saturated heterocycles. The second-order valence-corrected chi connectivity index (χ2v) is 17.8. The molecule has 28 nitrogen and oxygen atoms in total. The molecular formula is C43H70N2O26. The first-order valence-corrected chi connectivity index (χ1v) is 23.4. The van der Waals surface area contributed by atoms with Gasteiger partial charge in [-0.25, -0.2) is 0 Å². The van der Waals surface area contributed by atoms with Crippen molar-refractivity contribution in [3.05, 3.63) is 30.3 Å². The first-order valence-electron chi connectivity index (χ1n) is 23.4. The third-order valence-electron chi connectivity index (χ3n) is 12.8. The molecule has 28 heteroatoms. The number of amides is 1. The number of hydrogen-bond donors (Lipinski definition) is 16. The minimum Gasteiger partial charge on any atom is -0.491 e. The number of hydrogen-bond acceptors (Lipinski definition) is 27. The zero-order valence-corrected chi connectivity index (χ0v) is 38.6. The number of unbranched alkanes of at least 4 members (excludes halogenated alkanes) is 2. The molecule has 0 radical (unpaired) electrons. The molecule has 5 heterocycles. The van der Waals surface area contributed by atoms with Crippen molar-refractivity contribution in [3.63, 3.8) is 0 Å². The summed E-state index contributed by atoms with van der Waals surface area (Å²) in [5.41, 5.74) is 5.57. The normalized spacial score (nSPS) is 44.3. The van der Waals surface area contributed by atoms with Gasteiger partial charge in [-0.15, -0.1) is 0 Å². The molecule has 0 saturated carbocycles. The van der Waals surface area contributed by atoms with Gasteiger partial charge in [-0.1, -0.05) is 18.2 Å². The van der Waals surface area contributed by atoms with E-state index >= 15 is 0 Å². The highest BCUT2D eigenvalue weighted by Gasteiger charge is 2.57. The molecule has 1 aromatic rings. The lowest BCUT2D eigenvalue weighted by atomic mass is 9.94. The van der Waals surface area contributed by atoms with Crippen molar-refractivity contribution in [1.82, 2.24) is 5.32 Å². The number of aliphatic hydroxyl groups is 14. The number of para-hydroxylation sites is 1. The summed E-state index contributed by atoms with van der Waals surface area (Å²) >= 11 is 0. The molecule has 5 fully saturated rings. The molecule has 1 aromatic carbocycles. The molecule has 5 aliphatic heterocycles. The minimum absolute atomic E-state index is 0.150. The van der Waals surface area contributed by atoms with E-state index in [0.29, 0.717) is 18.7 Å². The van der Waals surface area contributed by atoms with E-state index in [1.807, 2.05) is 0 Å². The number of rotatable bonds is 22. The first-order chi connectivity index (χ1) is 34.0. The van der Waals surface area contributed by atoms with Gasteiger partial charge in [0, 0.05) is 13.5 Å². The van der Waals surface area contributed by atoms with Crippen molar-refractivity contribution in [2.24, 2.45) is 5.73 Å². The Morgan fingerprint density at radius 2 is 0.972 bits per heavy atom. The third kappa shape index (κ3) is 13.7. The van der Waals surface area contributed by atoms with Gasteiger partial charge in [-0.05, 0) is 37.9 Å². The number of ether oxygens (including phenoxy) is 11. The van der Waals surface area contributed by atoms with Crippen LogP contribution in [0.2, 0.25) is 0 Å². The standard InChI is InChI=1S/C43H70N2O26/c1-17(50)45-24-37(70-41-31(57)28(54)25(51)19(12-46)64-41)26(52)20(13-47)63-39(24)71-38-27(53)21(14-48)65-43(34(38)60)68-35-22(15-49)66-42(33(59)30(35)56)69-36-23(16-62-18-8-4-2-5-9-18)67-40(32(58)29(36)55)61-11-7-3-6-10-44/h2,4-5,8-9,19-43,46-49,51-60H,3,6-7,10-16,44H2,1H3,(H,45,50)/t19?,20?,21?,22?,23?,24?,25-,26-,27-,28-,29+,30+,31?,32?,33?,34?,35-,36+,37+,38-,39-,40+,41-,42-,43+/m0/s1. The van der Waals surface area contributed by atoms with Crippen LogP contribution in [0.1, 0.15) is 26.2 Å². The van der Waals surface area contributed by atoms with Crippen molar-refractivity contribution in [2.45, 2.75) is 180 Å². The largest absolute Gasteiger partial charge is 0.491 e. The van der Waals surface area contributed by atoms with Crippen LogP contribution < -0.4 is 15.8 Å². The molecule has 0 spiro atoms. The summed E-state index contributed by atoms with van der Waals surface area (Å²) in [4.78, 5) is 12.6. The van der Waals surface area contributed by atoms with Crippen LogP contribution in [0.4, 0.5) is 0 Å². The van der Waals surface area contributed by atoms with Gasteiger partial charge in [0.1, 0.15) is 134 Å². The van der Waals surface area contributed by atoms with Gasteiger partial charge in [0.05, 0.1) is 26.4 Å². The van der Waals surface area contributed by atoms with Gasteiger partial charge >= 0.3 is 0 Å². The van der Waals surface area contributed by atoms with Gasteiger partial charge in [0.15, 0.2) is 31.5 Å². The Balaban J connectivity index is 1.18. The van der Waals surface area contributed by atoms with E-state index in [2.05, 4.69) is 5.32 Å². The van der Waals surface area contributed by atoms with E-state index < -0.39 is 186 Å². The predicted molar refractivity (Wildman–Crippen MR) is 230 cm³/mol. The van der Waals surface area contributed by atoms with Crippen molar-refractivity contribution < 1.29 is 128 Å². The topological polar surface area (TPSA) is 440 Å². The van der Waals surface area contributed by atoms with Crippen LogP contribution in [-0.2, 0) is 52.2 Å². The summed E-state index contributed by atoms with van der Waals surface area (Å²) in [6.45, 7) is -2.32. The van der Waals surface area contributed by atoms with Gasteiger partial charge in [-0.2, -0.15) is 0 Å². The average Bonchev–Trinajstić information content (AvgIpc) is 3.36. The highest BCUT2D eigenvalue weighted by Crippen LogP contribution is 2.36. The smallest absolute Gasteiger partial charge is 0.217 e. The van der Waals surface area contributed by atoms with Crippen LogP contribution in [0.3, 0.4) is 0 Å². The second-order valence-electron chi connectivity index (χ2n) is 17.8. The SMILES string of the molecule is CC(=O)NC1[C@H](O[C@@H]2C(O)[C@@H](O[C@H]3C(CO)O[C@@H](O[C@@H]4C(COc5ccccc5)O[C@@H](OCCCCCN)C(O)[C@H]4O)C(O)[C@H]3O)OC(CO)[C@@H]2O)OC(CO)[C@H](O)[C@@H]1O[C@@H]1OC(CO)[C@H](O)[C@H](O)C1O. The number of aliphatic hydroxyl groups excluding tert-OH is 14. The maximum atomic E-state index is 12.6. The predicted octanol–water partition coefficient (Wildman–Crippen LogP) is -8.54. The molecule has 71 heavy (non-hydrogen) atoms. The molecule has 0 aromatic heterocycles. The van der Waals surface area contributed by atoms with Crippen molar-refractivity contribution in [1.29, 1.82) is 0 Å². The highest BCUT2D eigenvalue weighted by atomic mass is 16.8. The number of nitrogens with two attached hydrogens (primary N) is 1. The van der Waals surface area contributed by atoms with Gasteiger partial charge in [0.2, 0.25) is 5.91 Å². The number of benzene rings is 1. The average molecular weight is 1030 g/mol. The van der Waals surface area contributed by atoms with Crippen LogP contribution >= 0.6 is 0 Å². The fraction of sp³-hybridized carbons (Fsp3) is 0.837. The lowest BCUT2D eigenvalue weighted by molar-refractivity contribution is -0.388. The van der Waals surface area contributed by atoms with Gasteiger partial charge in [-0.3, -0.25) is 4.79 Å². The van der Waals surface area contributed by atoms with E-state index in [9.17, 15) is 76.3 Å². The van der Waals surface area contributed by atoms with Crippen molar-refractivity contribution in [2.75, 3.05) is 46.2 Å². The van der Waals surface area contributed by atoms with Gasteiger partial charge in [0.25, 0.3) is 0 Å². The lowest BCUT2D eigenvalue weighted by Crippen LogP contribution is -2.70. The van der Waals surface area contributed by atoms with E-state index in [-0.39, 0.29) is 13.2 Å². The molecule has 408 valence electrons. The number of carbonyl (C=O) groups excluding carboxylic acids is 1. The maximum absolute atomic E-state index is 12.6. The Bertz CT molecular complexity index is 1730. The molecule has 0 aliphatic carbocycles. The molecular weight excluding hydrogens is 960 g/mol. The Morgan fingerprint density at radius 3 is 1.55 bits per heavy atom. The van der Waals surface area contributed by atoms with Crippen LogP contribution in [0, 0.1) is 0 Å². The summed E-state index contributed by atoms with van der Waals surface area (Å²) in [7, 11) is 0. The highest BCUT2D eigenvalue weighted by molar-refractivity contribution is 5.73. The van der Waals surface area contributed by atoms with Crippen LogP contribution in [0.5, 0.6) is 5.75 Å². The second kappa shape index (κ2) is 26.8. The zero-order chi connectivity index (χ0) is 51.7. The Hall–Kier alpha value is -2.51. The maximum Gasteiger partial charge on any atom is 0.217 e. The lowest BCUT2D eigenvalue weighted by Gasteiger charge is -2.50. The summed E-state index contributed by atoms with van der Waals surface area (Å²) in [6.07, 6.45) is -40.9. The fourth-order valence-corrected chi connectivity index (χ4v) is 8.86. The van der Waals surface area contributed by atoms with Crippen LogP contribution in [-0.4, -0.2) is 277 Å². The Morgan fingerprint density at radius 1 is 0.507 bits per heavy atom. The molecule has 25 atom stereocenters.